The van der Waals surface area contributed by atoms with Crippen LogP contribution in [-0.4, -0.2) is 74.1 Å². The number of hydrogen-bond donors (Lipinski definition) is 1. The van der Waals surface area contributed by atoms with E-state index >= 15 is 0 Å². The zero-order valence-electron chi connectivity index (χ0n) is 16.9. The van der Waals surface area contributed by atoms with Gasteiger partial charge in [0.25, 0.3) is 5.91 Å². The number of ether oxygens (including phenoxy) is 1. The highest BCUT2D eigenvalue weighted by Crippen LogP contribution is 2.29. The van der Waals surface area contributed by atoms with Crippen molar-refractivity contribution in [3.05, 3.63) is 35.9 Å². The smallest absolute Gasteiger partial charge is 0.253 e. The molecule has 0 saturated carbocycles. The summed E-state index contributed by atoms with van der Waals surface area (Å²) in [6, 6.07) is 9.47. The second kappa shape index (κ2) is 10.6. The molecule has 0 spiro atoms. The van der Waals surface area contributed by atoms with Gasteiger partial charge in [0.1, 0.15) is 0 Å². The highest BCUT2D eigenvalue weighted by Gasteiger charge is 2.32. The quantitative estimate of drug-likeness (QED) is 0.778. The van der Waals surface area contributed by atoms with Crippen LogP contribution in [0.4, 0.5) is 0 Å². The molecule has 1 N–H and O–H groups in total. The van der Waals surface area contributed by atoms with E-state index in [0.29, 0.717) is 24.8 Å². The molecule has 0 unspecified atom stereocenters. The third kappa shape index (κ3) is 5.79. The Bertz CT molecular complexity index is 631. The lowest BCUT2D eigenvalue weighted by atomic mass is 9.81. The molecule has 3 rings (SSSR count). The number of nitrogens with zero attached hydrogens (tertiary/aromatic N) is 2. The molecule has 0 aromatic heterocycles. The minimum atomic E-state index is 0.104. The normalized spacial score (nSPS) is 23.4. The summed E-state index contributed by atoms with van der Waals surface area (Å²) in [6.07, 6.45) is 2.45. The van der Waals surface area contributed by atoms with E-state index in [2.05, 4.69) is 17.1 Å². The zero-order valence-corrected chi connectivity index (χ0v) is 16.9. The third-order valence-corrected chi connectivity index (χ3v) is 6.03. The second-order valence-electron chi connectivity index (χ2n) is 7.84. The van der Waals surface area contributed by atoms with Gasteiger partial charge in [-0.15, -0.1) is 0 Å². The van der Waals surface area contributed by atoms with Crippen LogP contribution >= 0.6 is 0 Å². The molecule has 0 bridgehead atoms. The average molecular weight is 388 g/mol. The molecule has 2 heterocycles. The fourth-order valence-electron chi connectivity index (χ4n) is 4.25. The Morgan fingerprint density at radius 2 is 1.86 bits per heavy atom. The minimum Gasteiger partial charge on any atom is -0.379 e. The van der Waals surface area contributed by atoms with Gasteiger partial charge in [-0.1, -0.05) is 31.5 Å². The maximum absolute atomic E-state index is 12.7. The van der Waals surface area contributed by atoms with E-state index in [1.807, 2.05) is 35.2 Å². The highest BCUT2D eigenvalue weighted by atomic mass is 16.5. The van der Waals surface area contributed by atoms with Crippen molar-refractivity contribution in [3.8, 4) is 0 Å². The maximum atomic E-state index is 12.7. The summed E-state index contributed by atoms with van der Waals surface area (Å²) < 4.78 is 5.35. The number of carbonyl (C=O) groups excluding carboxylic acids is 2. The van der Waals surface area contributed by atoms with Crippen LogP contribution in [0.1, 0.15) is 36.5 Å². The molecule has 2 fully saturated rings. The van der Waals surface area contributed by atoms with Gasteiger partial charge in [-0.2, -0.15) is 0 Å². The van der Waals surface area contributed by atoms with Gasteiger partial charge in [-0.3, -0.25) is 14.5 Å². The van der Waals surface area contributed by atoms with Gasteiger partial charge >= 0.3 is 0 Å². The number of rotatable bonds is 7. The lowest BCUT2D eigenvalue weighted by Crippen LogP contribution is -2.45. The van der Waals surface area contributed by atoms with Crippen molar-refractivity contribution in [3.63, 3.8) is 0 Å². The molecule has 2 aliphatic rings. The van der Waals surface area contributed by atoms with Crippen LogP contribution in [0, 0.1) is 11.8 Å². The Morgan fingerprint density at radius 1 is 1.11 bits per heavy atom. The first kappa shape index (κ1) is 20.8. The molecule has 2 saturated heterocycles. The lowest BCUT2D eigenvalue weighted by molar-refractivity contribution is -0.122. The summed E-state index contributed by atoms with van der Waals surface area (Å²) in [4.78, 5) is 29.4. The molecule has 2 amide bonds. The Morgan fingerprint density at radius 3 is 2.57 bits per heavy atom. The number of nitrogens with one attached hydrogen (secondary N) is 1. The van der Waals surface area contributed by atoms with Gasteiger partial charge < -0.3 is 15.0 Å². The van der Waals surface area contributed by atoms with Gasteiger partial charge in [-0.05, 0) is 30.4 Å². The van der Waals surface area contributed by atoms with Crippen molar-refractivity contribution >= 4 is 11.8 Å². The molecule has 2 atom stereocenters. The number of hydrogen-bond acceptors (Lipinski definition) is 4. The number of benzene rings is 1. The van der Waals surface area contributed by atoms with Crippen molar-refractivity contribution in [1.29, 1.82) is 0 Å². The third-order valence-electron chi connectivity index (χ3n) is 6.03. The molecule has 6 nitrogen and oxygen atoms in total. The van der Waals surface area contributed by atoms with Crippen LogP contribution in [-0.2, 0) is 9.53 Å². The monoisotopic (exact) mass is 387 g/mol. The number of amides is 2. The van der Waals surface area contributed by atoms with Crippen molar-refractivity contribution in [1.82, 2.24) is 15.1 Å². The molecule has 154 valence electrons. The van der Waals surface area contributed by atoms with Gasteiger partial charge in [-0.25, -0.2) is 0 Å². The van der Waals surface area contributed by atoms with Crippen molar-refractivity contribution < 1.29 is 14.3 Å². The molecular formula is C22H33N3O3. The van der Waals surface area contributed by atoms with Gasteiger partial charge in [0.15, 0.2) is 0 Å². The maximum Gasteiger partial charge on any atom is 0.253 e. The molecule has 0 aliphatic carbocycles. The standard InChI is InChI=1S/C22H33N3O3/c1-2-18-17-25(22(27)19-6-4-3-5-7-19)10-8-20(18)16-21(26)23-9-11-24-12-14-28-15-13-24/h3-7,18,20H,2,8-17H2,1H3,(H,23,26)/t18-,20+/m1/s1. The summed E-state index contributed by atoms with van der Waals surface area (Å²) >= 11 is 0. The number of likely N-dealkylation sites (tertiary alicyclic amines) is 1. The lowest BCUT2D eigenvalue weighted by Gasteiger charge is -2.38. The highest BCUT2D eigenvalue weighted by molar-refractivity contribution is 5.94. The Balaban J connectivity index is 1.43. The predicted molar refractivity (Wildman–Crippen MR) is 109 cm³/mol. The van der Waals surface area contributed by atoms with Crippen LogP contribution in [0.15, 0.2) is 30.3 Å². The van der Waals surface area contributed by atoms with Crippen LogP contribution < -0.4 is 5.32 Å². The Kier molecular flexibility index (Phi) is 7.86. The molecule has 0 radical (unpaired) electrons. The molecule has 28 heavy (non-hydrogen) atoms. The Labute approximate surface area is 168 Å². The van der Waals surface area contributed by atoms with Crippen LogP contribution in [0.5, 0.6) is 0 Å². The topological polar surface area (TPSA) is 61.9 Å². The fourth-order valence-corrected chi connectivity index (χ4v) is 4.25. The molecule has 6 heteroatoms. The van der Waals surface area contributed by atoms with Crippen LogP contribution in [0.2, 0.25) is 0 Å². The zero-order chi connectivity index (χ0) is 19.8. The molecule has 2 aliphatic heterocycles. The summed E-state index contributed by atoms with van der Waals surface area (Å²) in [7, 11) is 0. The molecule has 1 aromatic carbocycles. The SMILES string of the molecule is CC[C@@H]1CN(C(=O)c2ccccc2)CC[C@H]1CC(=O)NCCN1CCOCC1. The summed E-state index contributed by atoms with van der Waals surface area (Å²) in [5, 5.41) is 3.08. The first-order valence-corrected chi connectivity index (χ1v) is 10.6. The Hall–Kier alpha value is -1.92. The van der Waals surface area contributed by atoms with E-state index in [-0.39, 0.29) is 11.8 Å². The number of morpholine rings is 1. The number of piperidine rings is 1. The fraction of sp³-hybridized carbons (Fsp3) is 0.636. The van der Waals surface area contributed by atoms with Crippen LogP contribution in [0.3, 0.4) is 0 Å². The molecular weight excluding hydrogens is 354 g/mol. The predicted octanol–water partition coefficient (Wildman–Crippen LogP) is 2.01. The van der Waals surface area contributed by atoms with E-state index in [0.717, 1.165) is 64.3 Å². The first-order valence-electron chi connectivity index (χ1n) is 10.6. The van der Waals surface area contributed by atoms with Gasteiger partial charge in [0.2, 0.25) is 5.91 Å². The van der Waals surface area contributed by atoms with Gasteiger partial charge in [0.05, 0.1) is 13.2 Å². The van der Waals surface area contributed by atoms with E-state index in [1.165, 1.54) is 0 Å². The van der Waals surface area contributed by atoms with Crippen molar-refractivity contribution in [2.24, 2.45) is 11.8 Å². The van der Waals surface area contributed by atoms with E-state index in [9.17, 15) is 9.59 Å². The van der Waals surface area contributed by atoms with Gasteiger partial charge in [0, 0.05) is 51.3 Å². The summed E-state index contributed by atoms with van der Waals surface area (Å²) in [6.45, 7) is 8.68. The minimum absolute atomic E-state index is 0.104. The largest absolute Gasteiger partial charge is 0.379 e. The van der Waals surface area contributed by atoms with E-state index < -0.39 is 0 Å². The van der Waals surface area contributed by atoms with E-state index in [1.54, 1.807) is 0 Å². The van der Waals surface area contributed by atoms with Crippen molar-refractivity contribution in [2.45, 2.75) is 26.2 Å². The van der Waals surface area contributed by atoms with Crippen molar-refractivity contribution in [2.75, 3.05) is 52.5 Å². The summed E-state index contributed by atoms with van der Waals surface area (Å²) in [5.74, 6) is 0.978. The second-order valence-corrected chi connectivity index (χ2v) is 7.84. The number of carbonyl (C=O) groups is 2. The van der Waals surface area contributed by atoms with Crippen LogP contribution in [0.25, 0.3) is 0 Å². The first-order chi connectivity index (χ1) is 13.7. The average Bonchev–Trinajstić information content (AvgIpc) is 2.75. The molecule has 1 aromatic rings. The van der Waals surface area contributed by atoms with E-state index in [4.69, 9.17) is 4.74 Å². The summed E-state index contributed by atoms with van der Waals surface area (Å²) in [5.41, 5.74) is 0.747.